The number of aromatic hydroxyl groups is 1. The van der Waals surface area contributed by atoms with Crippen LogP contribution in [0.2, 0.25) is 0 Å². The van der Waals surface area contributed by atoms with Crippen molar-refractivity contribution < 1.29 is 55.6 Å². The summed E-state index contributed by atoms with van der Waals surface area (Å²) in [6.07, 6.45) is 6.06. The van der Waals surface area contributed by atoms with Crippen LogP contribution >= 0.6 is 0 Å². The van der Waals surface area contributed by atoms with E-state index in [1.807, 2.05) is 0 Å². The van der Waals surface area contributed by atoms with E-state index in [4.69, 9.17) is 9.11 Å². The van der Waals surface area contributed by atoms with Gasteiger partial charge in [0.25, 0.3) is 26.1 Å². The summed E-state index contributed by atoms with van der Waals surface area (Å²) in [6, 6.07) is 8.66. The first-order valence-electron chi connectivity index (χ1n) is 11.5. The number of carbonyl (C=O) groups excluding carboxylic acids is 1. The Hall–Kier alpha value is -2.16. The second-order valence-corrected chi connectivity index (χ2v) is 11.3. The summed E-state index contributed by atoms with van der Waals surface area (Å²) in [5.41, 5.74) is -1.68. The molecule has 1 aliphatic heterocycles. The molecule has 0 radical (unpaired) electrons. The third-order valence-corrected chi connectivity index (χ3v) is 7.42. The van der Waals surface area contributed by atoms with Crippen LogP contribution in [-0.4, -0.2) is 177 Å². The SMILES string of the molecule is O=C(O)C1=NN(c2ccc(S(=O)(=O)O)cc2)C(=O)C1=CC=CC=Cc1c(C(=O)O)nn(-c2ccc(S(=O)(=O)O)cc2)c1O.[KH].[KH]. The van der Waals surface area contributed by atoms with Crippen molar-refractivity contribution in [2.24, 2.45) is 5.10 Å². The van der Waals surface area contributed by atoms with Crippen LogP contribution in [0.15, 0.2) is 93.3 Å². The number of carboxylic acids is 2. The summed E-state index contributed by atoms with van der Waals surface area (Å²) < 4.78 is 64.0. The summed E-state index contributed by atoms with van der Waals surface area (Å²) >= 11 is 0. The molecule has 0 saturated heterocycles. The zero-order valence-electron chi connectivity index (χ0n) is 21.2. The molecule has 0 saturated carbocycles. The first-order valence-corrected chi connectivity index (χ1v) is 14.4. The number of hydrogen-bond donors (Lipinski definition) is 5. The number of hydrogen-bond acceptors (Lipinski definition) is 10. The number of aromatic nitrogens is 2. The molecule has 2 heterocycles. The molecule has 45 heavy (non-hydrogen) atoms. The predicted molar refractivity (Wildman–Crippen MR) is 161 cm³/mol. The van der Waals surface area contributed by atoms with Crippen LogP contribution in [0.1, 0.15) is 16.1 Å². The number of aliphatic carboxylic acids is 1. The van der Waals surface area contributed by atoms with Gasteiger partial charge in [-0.3, -0.25) is 13.9 Å². The molecule has 3 aromatic rings. The molecule has 20 heteroatoms. The first-order chi connectivity index (χ1) is 20.1. The Morgan fingerprint density at radius 1 is 0.756 bits per heavy atom. The fourth-order valence-electron chi connectivity index (χ4n) is 3.70. The fourth-order valence-corrected chi connectivity index (χ4v) is 4.66. The monoisotopic (exact) mass is 710 g/mol. The summed E-state index contributed by atoms with van der Waals surface area (Å²) in [4.78, 5) is 35.4. The van der Waals surface area contributed by atoms with Crippen LogP contribution in [0.5, 0.6) is 5.88 Å². The Morgan fingerprint density at radius 3 is 1.73 bits per heavy atom. The van der Waals surface area contributed by atoms with E-state index in [0.717, 1.165) is 58.2 Å². The fraction of sp³-hybridized carbons (Fsp3) is 0. The standard InChI is InChI=1S/C25H18N4O12S2.2K.2H/c30-22-18(20(24(32)33)26-28(22)14-6-10-16(11-7-14)42(36,37)38)4-2-1-3-5-19-21(25(34)35)27-29(23(19)31)15-8-12-17(13-9-15)43(39,40)41;;;;/h1-13,30H,(H,32,33)(H,34,35)(H,36,37,38)(H,39,40,41);;;;. The number of benzene rings is 2. The van der Waals surface area contributed by atoms with E-state index < -0.39 is 65.2 Å². The summed E-state index contributed by atoms with van der Waals surface area (Å²) in [5, 5.41) is 37.9. The minimum absolute atomic E-state index is 0. The average Bonchev–Trinajstić information content (AvgIpc) is 3.44. The zero-order chi connectivity index (χ0) is 31.7. The van der Waals surface area contributed by atoms with Gasteiger partial charge in [-0.2, -0.15) is 36.7 Å². The minimum atomic E-state index is -4.50. The van der Waals surface area contributed by atoms with Gasteiger partial charge in [0.2, 0.25) is 5.88 Å². The van der Waals surface area contributed by atoms with Gasteiger partial charge in [-0.15, -0.1) is 0 Å². The number of hydrazone groups is 1. The van der Waals surface area contributed by atoms with Gasteiger partial charge in [0.05, 0.1) is 32.3 Å². The Bertz CT molecular complexity index is 2000. The molecule has 1 aliphatic rings. The van der Waals surface area contributed by atoms with Gasteiger partial charge in [0, 0.05) is 0 Å². The summed E-state index contributed by atoms with van der Waals surface area (Å²) in [6.45, 7) is 0. The molecule has 2 aromatic carbocycles. The molecule has 0 spiro atoms. The van der Waals surface area contributed by atoms with E-state index >= 15 is 0 Å². The third kappa shape index (κ3) is 9.01. The third-order valence-electron chi connectivity index (χ3n) is 5.69. The molecule has 5 N–H and O–H groups in total. The molecule has 0 atom stereocenters. The van der Waals surface area contributed by atoms with Gasteiger partial charge >= 0.3 is 115 Å². The van der Waals surface area contributed by atoms with Crippen LogP contribution < -0.4 is 5.01 Å². The van der Waals surface area contributed by atoms with Crippen molar-refractivity contribution in [2.75, 3.05) is 5.01 Å². The van der Waals surface area contributed by atoms with Crippen LogP contribution in [0, 0.1) is 0 Å². The summed E-state index contributed by atoms with van der Waals surface area (Å²) in [5.74, 6) is -4.52. The molecular weight excluding hydrogens is 691 g/mol. The number of anilines is 1. The van der Waals surface area contributed by atoms with Crippen LogP contribution in [0.25, 0.3) is 11.8 Å². The van der Waals surface area contributed by atoms with E-state index in [-0.39, 0.29) is 125 Å². The zero-order valence-corrected chi connectivity index (χ0v) is 22.8. The number of nitrogens with zero attached hydrogens (tertiary/aromatic N) is 4. The Morgan fingerprint density at radius 2 is 1.27 bits per heavy atom. The molecular formula is C25H20K2N4O12S2. The van der Waals surface area contributed by atoms with Crippen molar-refractivity contribution in [1.29, 1.82) is 0 Å². The van der Waals surface area contributed by atoms with Crippen molar-refractivity contribution in [3.05, 3.63) is 89.7 Å². The number of carbonyl (C=O) groups is 3. The van der Waals surface area contributed by atoms with Crippen molar-refractivity contribution in [1.82, 2.24) is 9.78 Å². The molecule has 0 fully saturated rings. The maximum atomic E-state index is 12.9. The van der Waals surface area contributed by atoms with Crippen LogP contribution in [0.4, 0.5) is 5.69 Å². The molecule has 16 nitrogen and oxygen atoms in total. The molecule has 4 rings (SSSR count). The number of rotatable bonds is 9. The number of aromatic carboxylic acids is 1. The van der Waals surface area contributed by atoms with Gasteiger partial charge in [-0.25, -0.2) is 9.59 Å². The second kappa shape index (κ2) is 15.6. The molecule has 0 bridgehead atoms. The summed E-state index contributed by atoms with van der Waals surface area (Å²) in [7, 11) is -8.99. The van der Waals surface area contributed by atoms with Gasteiger partial charge in [0.15, 0.2) is 11.4 Å². The van der Waals surface area contributed by atoms with E-state index in [1.54, 1.807) is 0 Å². The van der Waals surface area contributed by atoms with Crippen molar-refractivity contribution >= 4 is 158 Å². The van der Waals surface area contributed by atoms with E-state index in [1.165, 1.54) is 30.4 Å². The Kier molecular flexibility index (Phi) is 13.5. The van der Waals surface area contributed by atoms with Crippen LogP contribution in [0.3, 0.4) is 0 Å². The Balaban J connectivity index is 0.00000353. The Labute approximate surface area is 339 Å². The van der Waals surface area contributed by atoms with Crippen LogP contribution in [-0.2, 0) is 29.8 Å². The first kappa shape index (κ1) is 39.0. The van der Waals surface area contributed by atoms with E-state index in [2.05, 4.69) is 10.2 Å². The van der Waals surface area contributed by atoms with Crippen molar-refractivity contribution in [3.8, 4) is 11.6 Å². The molecule has 226 valence electrons. The van der Waals surface area contributed by atoms with E-state index in [9.17, 15) is 46.5 Å². The van der Waals surface area contributed by atoms with Crippen molar-refractivity contribution in [2.45, 2.75) is 9.79 Å². The number of allylic oxidation sites excluding steroid dienone is 4. The van der Waals surface area contributed by atoms with Gasteiger partial charge in [-0.05, 0) is 60.7 Å². The van der Waals surface area contributed by atoms with Gasteiger partial charge in [-0.1, -0.05) is 18.2 Å². The molecule has 0 aliphatic carbocycles. The van der Waals surface area contributed by atoms with E-state index in [0.29, 0.717) is 0 Å². The normalized spacial score (nSPS) is 14.4. The van der Waals surface area contributed by atoms with Crippen molar-refractivity contribution in [3.63, 3.8) is 0 Å². The second-order valence-electron chi connectivity index (χ2n) is 8.44. The quantitative estimate of drug-likeness (QED) is 0.0877. The predicted octanol–water partition coefficient (Wildman–Crippen LogP) is 0.456. The number of carboxylic acid groups (broad SMARTS) is 2. The van der Waals surface area contributed by atoms with Gasteiger partial charge in [0.1, 0.15) is 0 Å². The number of amides is 1. The van der Waals surface area contributed by atoms with Gasteiger partial charge < -0.3 is 15.3 Å². The topological polar surface area (TPSA) is 254 Å². The molecule has 1 aromatic heterocycles. The molecule has 0 unspecified atom stereocenters. The maximum absolute atomic E-state index is 12.9. The molecule has 1 amide bonds. The average molecular weight is 711 g/mol.